The number of Topliss-reactive ketones (excluding diaryl/α,β-unsaturated/α-hetero) is 1. The number of methoxy groups -OCH3 is 1. The van der Waals surface area contributed by atoms with Gasteiger partial charge >= 0.3 is 0 Å². The number of H-pyrrole nitrogens is 1. The molecule has 4 aliphatic rings. The molecule has 0 radical (unpaired) electrons. The molecule has 7 N–H and O–H groups in total. The van der Waals surface area contributed by atoms with E-state index in [9.17, 15) is 30.3 Å². The van der Waals surface area contributed by atoms with Crippen LogP contribution in [0.2, 0.25) is 0 Å². The van der Waals surface area contributed by atoms with Crippen molar-refractivity contribution in [2.45, 2.75) is 89.1 Å². The summed E-state index contributed by atoms with van der Waals surface area (Å²) in [4.78, 5) is 21.0. The van der Waals surface area contributed by atoms with Crippen molar-refractivity contribution in [3.63, 3.8) is 0 Å². The van der Waals surface area contributed by atoms with Gasteiger partial charge in [-0.05, 0) is 102 Å². The maximum atomic E-state index is 14.8. The summed E-state index contributed by atoms with van der Waals surface area (Å²) < 4.78 is 26.7. The Morgan fingerprint density at radius 3 is 2.49 bits per heavy atom. The number of carbonyl (C=O) groups is 1. The number of piperazine rings is 1. The number of aryl methyl sites for hydroxylation is 2. The normalized spacial score (nSPS) is 18.9. The van der Waals surface area contributed by atoms with Gasteiger partial charge in [0.15, 0.2) is 17.3 Å². The molecule has 4 bridgehead atoms. The Balaban J connectivity index is 1.17. The zero-order chi connectivity index (χ0) is 50.8. The van der Waals surface area contributed by atoms with Gasteiger partial charge in [0, 0.05) is 68.0 Å². The first-order valence-corrected chi connectivity index (χ1v) is 25.9. The molecule has 5 unspecified atom stereocenters. The van der Waals surface area contributed by atoms with Crippen LogP contribution in [0.1, 0.15) is 99.8 Å². The quantitative estimate of drug-likeness (QED) is 0.0552. The number of nitrogens with one attached hydrogen (secondary N) is 2. The number of aliphatic hydroxyl groups is 4. The zero-order valence-electron chi connectivity index (χ0n) is 41.9. The number of benzene rings is 5. The highest BCUT2D eigenvalue weighted by molar-refractivity contribution is 6.04. The molecule has 10 rings (SSSR count). The molecule has 0 spiro atoms. The molecule has 5 heterocycles. The number of aliphatic hydroxyl groups excluding tert-OH is 4. The molecule has 13 nitrogen and oxygen atoms in total. The van der Waals surface area contributed by atoms with E-state index < -0.39 is 24.2 Å². The molecule has 13 heteroatoms. The van der Waals surface area contributed by atoms with Crippen LogP contribution in [0.4, 0.5) is 5.82 Å². The predicted molar refractivity (Wildman–Crippen MR) is 283 cm³/mol. The van der Waals surface area contributed by atoms with Crippen molar-refractivity contribution in [2.75, 3.05) is 58.1 Å². The van der Waals surface area contributed by atoms with Crippen LogP contribution in [0.25, 0.3) is 17.2 Å². The number of hydrogen-bond acceptors (Lipinski definition) is 12. The summed E-state index contributed by atoms with van der Waals surface area (Å²) in [5, 5.41) is 57.5. The summed E-state index contributed by atoms with van der Waals surface area (Å²) in [6.45, 7) is 4.33. The minimum atomic E-state index is -0.853. The Bertz CT molecular complexity index is 2850. The number of anilines is 1. The maximum absolute atomic E-state index is 14.8. The number of phenolic OH excluding ortho intramolecular Hbond substituents is 1. The summed E-state index contributed by atoms with van der Waals surface area (Å²) in [5.41, 5.74) is 9.56. The second kappa shape index (κ2) is 24.0. The van der Waals surface area contributed by atoms with E-state index in [0.717, 1.165) is 82.9 Å². The molecule has 4 aliphatic heterocycles. The number of nitrogens with zero attached hydrogens (tertiary/aromatic N) is 1. The van der Waals surface area contributed by atoms with Crippen molar-refractivity contribution in [1.29, 1.82) is 0 Å². The maximum Gasteiger partial charge on any atom is 0.204 e. The average Bonchev–Trinajstić information content (AvgIpc) is 3.85. The van der Waals surface area contributed by atoms with Gasteiger partial charge in [0.05, 0.1) is 39.0 Å². The zero-order valence-corrected chi connectivity index (χ0v) is 41.9. The number of aromatic nitrogens is 1. The fourth-order valence-corrected chi connectivity index (χ4v) is 10.5. The van der Waals surface area contributed by atoms with Crippen LogP contribution in [0, 0.1) is 5.92 Å². The van der Waals surface area contributed by atoms with Gasteiger partial charge in [-0.25, -0.2) is 0 Å². The summed E-state index contributed by atoms with van der Waals surface area (Å²) in [7, 11) is 1.51. The lowest BCUT2D eigenvalue weighted by atomic mass is 9.89. The monoisotopic (exact) mass is 991 g/mol. The highest BCUT2D eigenvalue weighted by Gasteiger charge is 2.38. The lowest BCUT2D eigenvalue weighted by molar-refractivity contribution is 0.0834. The highest BCUT2D eigenvalue weighted by atomic mass is 16.5. The Hall–Kier alpha value is -6.61. The SMILES string of the molecule is CCc1cc2c([nH]1)N1CCNCC1Cc1ccc(c(C(O)CCCO)c1)CC(CO)COc1c(c3c(c(OCCC(O)C=Cc4ccccc4)c1OC)C(=O)CC(c1ccc(O)cc1)O3)CCc1cccc-2c1. The number of rotatable bonds is 14. The first kappa shape index (κ1) is 51.3. The minimum absolute atomic E-state index is 0.00797. The smallest absolute Gasteiger partial charge is 0.204 e. The van der Waals surface area contributed by atoms with Crippen LogP contribution in [0.5, 0.6) is 28.7 Å². The Labute approximate surface area is 428 Å². The fourth-order valence-electron chi connectivity index (χ4n) is 10.5. The van der Waals surface area contributed by atoms with Crippen LogP contribution in [-0.4, -0.2) is 102 Å². The van der Waals surface area contributed by atoms with Crippen molar-refractivity contribution >= 4 is 17.7 Å². The summed E-state index contributed by atoms with van der Waals surface area (Å²) in [5.74, 6) is 1.44. The van der Waals surface area contributed by atoms with E-state index in [1.165, 1.54) is 7.11 Å². The molecule has 5 atom stereocenters. The van der Waals surface area contributed by atoms with Crippen LogP contribution in [-0.2, 0) is 32.1 Å². The standard InChI is InChI=1S/C60H69N3O10/c1-3-45-33-51-43-12-7-11-39(29-43)16-23-49-56-55(53(69)34-54(73-56)42-18-21-47(66)22-19-42)58(71-28-24-48(67)20-15-38-9-5-4-6-10-38)59(70-2)57(49)72-37-41(36-65)30-44-17-14-40(32-50(44)52(68)13-8-27-64)31-46-35-61-25-26-63(46)60(51)62-45/h4-7,9-12,14-15,17-22,29,32-33,41,46,48,52,54,61-62,64-68H,3,8,13,16,23-28,30-31,34-37H2,1-2H3. The Morgan fingerprint density at radius 1 is 0.877 bits per heavy atom. The molecule has 5 aromatic carbocycles. The van der Waals surface area contributed by atoms with E-state index in [1.54, 1.807) is 30.3 Å². The van der Waals surface area contributed by atoms with Gasteiger partial charge in [-0.2, -0.15) is 0 Å². The van der Waals surface area contributed by atoms with Gasteiger partial charge in [0.2, 0.25) is 5.75 Å². The molecule has 0 saturated carbocycles. The number of ketones is 1. The molecule has 1 aromatic heterocycles. The van der Waals surface area contributed by atoms with Crippen molar-refractivity contribution in [1.82, 2.24) is 10.3 Å². The van der Waals surface area contributed by atoms with Crippen molar-refractivity contribution in [3.05, 3.63) is 159 Å². The van der Waals surface area contributed by atoms with Gasteiger partial charge in [0.25, 0.3) is 0 Å². The lowest BCUT2D eigenvalue weighted by Crippen LogP contribution is -2.52. The summed E-state index contributed by atoms with van der Waals surface area (Å²) in [6, 6.07) is 33.6. The first-order chi connectivity index (χ1) is 35.6. The van der Waals surface area contributed by atoms with Gasteiger partial charge in [-0.1, -0.05) is 104 Å². The average molecular weight is 992 g/mol. The van der Waals surface area contributed by atoms with E-state index in [4.69, 9.17) is 18.9 Å². The molecule has 1 fully saturated rings. The minimum Gasteiger partial charge on any atom is -0.508 e. The number of carbonyl (C=O) groups excluding carboxylic acids is 1. The Morgan fingerprint density at radius 2 is 1.71 bits per heavy atom. The number of phenols is 1. The number of aromatic amines is 1. The Kier molecular flexibility index (Phi) is 16.8. The summed E-state index contributed by atoms with van der Waals surface area (Å²) >= 11 is 0. The van der Waals surface area contributed by atoms with E-state index in [1.807, 2.05) is 36.4 Å². The molecular formula is C60H69N3O10. The van der Waals surface area contributed by atoms with Crippen molar-refractivity contribution < 1.29 is 49.3 Å². The number of ether oxygens (including phenoxy) is 4. The molecule has 73 heavy (non-hydrogen) atoms. The molecule has 384 valence electrons. The van der Waals surface area contributed by atoms with Gasteiger partial charge < -0.3 is 59.7 Å². The molecule has 6 aromatic rings. The van der Waals surface area contributed by atoms with Crippen LogP contribution in [0.3, 0.4) is 0 Å². The molecule has 1 saturated heterocycles. The van der Waals surface area contributed by atoms with Gasteiger partial charge in [-0.15, -0.1) is 0 Å². The molecule has 0 aliphatic carbocycles. The second-order valence-electron chi connectivity index (χ2n) is 19.5. The lowest BCUT2D eigenvalue weighted by Gasteiger charge is -2.38. The topological polar surface area (TPSA) is 186 Å². The summed E-state index contributed by atoms with van der Waals surface area (Å²) in [6.07, 6.45) is 5.00. The third-order valence-electron chi connectivity index (χ3n) is 14.4. The fraction of sp³-hybridized carbons (Fsp3) is 0.383. The van der Waals surface area contributed by atoms with E-state index in [2.05, 4.69) is 70.7 Å². The first-order valence-electron chi connectivity index (χ1n) is 25.9. The van der Waals surface area contributed by atoms with E-state index >= 15 is 0 Å². The molecule has 0 amide bonds. The number of aromatic hydroxyl groups is 1. The highest BCUT2D eigenvalue weighted by Crippen LogP contribution is 2.53. The van der Waals surface area contributed by atoms with Crippen LogP contribution >= 0.6 is 0 Å². The predicted octanol–water partition coefficient (Wildman–Crippen LogP) is 8.66. The number of fused-ring (bicyclic) bond motifs is 7. The third kappa shape index (κ3) is 11.9. The van der Waals surface area contributed by atoms with E-state index in [-0.39, 0.29) is 73.9 Å². The third-order valence-corrected chi connectivity index (χ3v) is 14.4. The van der Waals surface area contributed by atoms with E-state index in [0.29, 0.717) is 54.7 Å². The second-order valence-corrected chi connectivity index (χ2v) is 19.5. The van der Waals surface area contributed by atoms with Gasteiger partial charge in [0.1, 0.15) is 29.0 Å². The molecular weight excluding hydrogens is 923 g/mol. The van der Waals surface area contributed by atoms with Crippen LogP contribution < -0.4 is 29.2 Å². The van der Waals surface area contributed by atoms with Gasteiger partial charge in [-0.3, -0.25) is 4.79 Å². The van der Waals surface area contributed by atoms with Crippen LogP contribution in [0.15, 0.2) is 109 Å². The number of hydrogen-bond donors (Lipinski definition) is 7. The largest absolute Gasteiger partial charge is 0.508 e. The van der Waals surface area contributed by atoms with Crippen molar-refractivity contribution in [2.24, 2.45) is 5.92 Å². The van der Waals surface area contributed by atoms with Crippen molar-refractivity contribution in [3.8, 4) is 39.9 Å².